The molecule has 0 fully saturated rings. The molecule has 0 spiro atoms. The molecule has 2 aromatic carbocycles. The number of aliphatic hydroxyl groups is 3. The molecule has 0 heterocycles. The Morgan fingerprint density at radius 1 is 1.15 bits per heavy atom. The van der Waals surface area contributed by atoms with E-state index in [1.807, 2.05) is 22.6 Å². The molecule has 4 N–H and O–H groups in total. The van der Waals surface area contributed by atoms with E-state index in [2.05, 4.69) is 5.32 Å². The Kier molecular flexibility index (Phi) is 12.3. The van der Waals surface area contributed by atoms with Crippen LogP contribution in [-0.2, 0) is 22.7 Å². The SMILES string of the molecule is COc1cc(CO)cc(I)c1OC1C=C(C(=O)NCCO)CC(N(Cc2ccc(Cl)c(Cl)c2)C(=O)C=C(C)C)C1O. The van der Waals surface area contributed by atoms with Crippen molar-refractivity contribution in [2.24, 2.45) is 0 Å². The summed E-state index contributed by atoms with van der Waals surface area (Å²) in [6, 6.07) is 7.48. The molecular weight excluding hydrogens is 686 g/mol. The monoisotopic (exact) mass is 718 g/mol. The zero-order chi connectivity index (χ0) is 30.3. The molecule has 3 rings (SSSR count). The predicted molar refractivity (Wildman–Crippen MR) is 165 cm³/mol. The fourth-order valence-electron chi connectivity index (χ4n) is 4.42. The van der Waals surface area contributed by atoms with Crippen LogP contribution in [0.15, 0.2) is 53.6 Å². The highest BCUT2D eigenvalue weighted by Crippen LogP contribution is 2.37. The van der Waals surface area contributed by atoms with Crippen LogP contribution in [0.5, 0.6) is 11.5 Å². The molecule has 0 aliphatic heterocycles. The second-order valence-corrected chi connectivity index (χ2v) is 11.7. The normalized spacial score (nSPS) is 18.3. The first-order valence-corrected chi connectivity index (χ1v) is 14.6. The molecule has 41 heavy (non-hydrogen) atoms. The van der Waals surface area contributed by atoms with Gasteiger partial charge in [0.1, 0.15) is 12.2 Å². The molecule has 3 atom stereocenters. The van der Waals surface area contributed by atoms with Crippen molar-refractivity contribution >= 4 is 57.6 Å². The molecule has 222 valence electrons. The van der Waals surface area contributed by atoms with Crippen molar-refractivity contribution in [1.29, 1.82) is 0 Å². The number of carbonyl (C=O) groups excluding carboxylic acids is 2. The van der Waals surface area contributed by atoms with Crippen molar-refractivity contribution in [3.05, 3.63) is 78.4 Å². The minimum absolute atomic E-state index is 0.0274. The van der Waals surface area contributed by atoms with E-state index in [1.165, 1.54) is 24.2 Å². The van der Waals surface area contributed by atoms with E-state index >= 15 is 0 Å². The van der Waals surface area contributed by atoms with E-state index in [0.717, 1.165) is 5.57 Å². The number of nitrogens with one attached hydrogen (secondary N) is 1. The number of allylic oxidation sites excluding steroid dienone is 1. The number of carbonyl (C=O) groups is 2. The summed E-state index contributed by atoms with van der Waals surface area (Å²) in [5.41, 5.74) is 2.33. The van der Waals surface area contributed by atoms with Gasteiger partial charge in [0.25, 0.3) is 0 Å². The zero-order valence-electron chi connectivity index (χ0n) is 22.9. The van der Waals surface area contributed by atoms with Crippen molar-refractivity contribution in [3.63, 3.8) is 0 Å². The van der Waals surface area contributed by atoms with Gasteiger partial charge < -0.3 is 35.0 Å². The summed E-state index contributed by atoms with van der Waals surface area (Å²) in [6.07, 6.45) is 0.705. The van der Waals surface area contributed by atoms with Gasteiger partial charge in [0, 0.05) is 31.2 Å². The van der Waals surface area contributed by atoms with Crippen LogP contribution in [0, 0.1) is 3.57 Å². The number of ether oxygens (including phenoxy) is 2. The van der Waals surface area contributed by atoms with Crippen molar-refractivity contribution in [2.75, 3.05) is 20.3 Å². The lowest BCUT2D eigenvalue weighted by Gasteiger charge is -2.40. The minimum atomic E-state index is -1.25. The third kappa shape index (κ3) is 8.59. The van der Waals surface area contributed by atoms with E-state index in [4.69, 9.17) is 32.7 Å². The summed E-state index contributed by atoms with van der Waals surface area (Å²) < 4.78 is 12.4. The van der Waals surface area contributed by atoms with E-state index in [9.17, 15) is 24.9 Å². The molecule has 1 aliphatic rings. The van der Waals surface area contributed by atoms with E-state index in [0.29, 0.717) is 36.2 Å². The third-order valence-electron chi connectivity index (χ3n) is 6.37. The Bertz CT molecular complexity index is 1330. The molecule has 0 radical (unpaired) electrons. The molecule has 2 aromatic rings. The number of aliphatic hydroxyl groups excluding tert-OH is 3. The lowest BCUT2D eigenvalue weighted by atomic mass is 9.87. The highest BCUT2D eigenvalue weighted by molar-refractivity contribution is 14.1. The molecule has 0 bridgehead atoms. The lowest BCUT2D eigenvalue weighted by Crippen LogP contribution is -2.54. The number of amides is 2. The summed E-state index contributed by atoms with van der Waals surface area (Å²) in [5.74, 6) is -0.169. The Morgan fingerprint density at radius 3 is 2.49 bits per heavy atom. The maximum atomic E-state index is 13.5. The highest BCUT2D eigenvalue weighted by atomic mass is 127. The van der Waals surface area contributed by atoms with Crippen LogP contribution < -0.4 is 14.8 Å². The first-order valence-electron chi connectivity index (χ1n) is 12.8. The smallest absolute Gasteiger partial charge is 0.247 e. The predicted octanol–water partition coefficient (Wildman–Crippen LogP) is 4.01. The number of rotatable bonds is 11. The molecule has 3 unspecified atom stereocenters. The number of nitrogens with zero attached hydrogens (tertiary/aromatic N) is 1. The molecule has 2 amide bonds. The molecule has 1 aliphatic carbocycles. The quantitative estimate of drug-likeness (QED) is 0.204. The molecule has 12 heteroatoms. The minimum Gasteiger partial charge on any atom is -0.493 e. The average molecular weight is 719 g/mol. The zero-order valence-corrected chi connectivity index (χ0v) is 26.5. The van der Waals surface area contributed by atoms with Crippen LogP contribution >= 0.6 is 45.8 Å². The van der Waals surface area contributed by atoms with Crippen molar-refractivity contribution in [2.45, 2.75) is 51.7 Å². The van der Waals surface area contributed by atoms with Gasteiger partial charge in [0.2, 0.25) is 11.8 Å². The lowest BCUT2D eigenvalue weighted by molar-refractivity contribution is -0.134. The Balaban J connectivity index is 2.08. The molecule has 0 aromatic heterocycles. The molecule has 0 saturated heterocycles. The topological polar surface area (TPSA) is 129 Å². The fourth-order valence-corrected chi connectivity index (χ4v) is 5.53. The van der Waals surface area contributed by atoms with Gasteiger partial charge in [0.05, 0.1) is 40.0 Å². The Labute approximate surface area is 262 Å². The van der Waals surface area contributed by atoms with Gasteiger partial charge in [-0.05, 0) is 77.9 Å². The van der Waals surface area contributed by atoms with Crippen molar-refractivity contribution in [1.82, 2.24) is 10.2 Å². The van der Waals surface area contributed by atoms with Crippen molar-refractivity contribution in [3.8, 4) is 11.5 Å². The molecule has 0 saturated carbocycles. The first kappa shape index (κ1) is 33.2. The Morgan fingerprint density at radius 2 is 1.88 bits per heavy atom. The summed E-state index contributed by atoms with van der Waals surface area (Å²) in [6.45, 7) is 3.23. The summed E-state index contributed by atoms with van der Waals surface area (Å²) in [7, 11) is 1.46. The van der Waals surface area contributed by atoms with Gasteiger partial charge in [-0.3, -0.25) is 9.59 Å². The molecule has 9 nitrogen and oxygen atoms in total. The maximum Gasteiger partial charge on any atom is 0.247 e. The van der Waals surface area contributed by atoms with Gasteiger partial charge in [-0.1, -0.05) is 34.8 Å². The second-order valence-electron chi connectivity index (χ2n) is 9.72. The second kappa shape index (κ2) is 15.2. The summed E-state index contributed by atoms with van der Waals surface area (Å²) in [5, 5.41) is 33.8. The van der Waals surface area contributed by atoms with Crippen molar-refractivity contribution < 1.29 is 34.4 Å². The standard InChI is InChI=1S/C29H33Cl2IN2O7/c1-16(2)8-26(37)34(14-17-4-5-20(30)21(31)9-17)23-12-19(29(39)33-6-7-35)13-24(27(23)38)41-28-22(32)10-18(15-36)11-25(28)40-3/h4-5,8-11,13,23-24,27,35-36,38H,6-7,12,14-15H2,1-3H3,(H,33,39). The third-order valence-corrected chi connectivity index (χ3v) is 7.91. The van der Waals surface area contributed by atoms with Crippen LogP contribution in [-0.4, -0.2) is 70.5 Å². The number of hydrogen-bond donors (Lipinski definition) is 4. The largest absolute Gasteiger partial charge is 0.493 e. The van der Waals surface area contributed by atoms with Gasteiger partial charge in [0.15, 0.2) is 11.5 Å². The number of halogens is 3. The van der Waals surface area contributed by atoms with Crippen LogP contribution in [0.1, 0.15) is 31.4 Å². The number of benzene rings is 2. The van der Waals surface area contributed by atoms with Gasteiger partial charge in [-0.2, -0.15) is 0 Å². The van der Waals surface area contributed by atoms with E-state index < -0.39 is 24.2 Å². The Hall–Kier alpha value is -2.35. The first-order chi connectivity index (χ1) is 19.5. The number of methoxy groups -OCH3 is 1. The molecular formula is C29H33Cl2IN2O7. The van der Waals surface area contributed by atoms with Gasteiger partial charge in [-0.15, -0.1) is 0 Å². The van der Waals surface area contributed by atoms with Crippen LogP contribution in [0.4, 0.5) is 0 Å². The number of hydrogen-bond acceptors (Lipinski definition) is 7. The average Bonchev–Trinajstić information content (AvgIpc) is 2.93. The van der Waals surface area contributed by atoms with Gasteiger partial charge in [-0.25, -0.2) is 0 Å². The maximum absolute atomic E-state index is 13.5. The fraction of sp³-hybridized carbons (Fsp3) is 0.379. The van der Waals surface area contributed by atoms with E-state index in [-0.39, 0.29) is 44.2 Å². The van der Waals surface area contributed by atoms with Crippen LogP contribution in [0.2, 0.25) is 10.0 Å². The summed E-state index contributed by atoms with van der Waals surface area (Å²) in [4.78, 5) is 28.1. The highest BCUT2D eigenvalue weighted by Gasteiger charge is 2.40. The van der Waals surface area contributed by atoms with Crippen LogP contribution in [0.3, 0.4) is 0 Å². The van der Waals surface area contributed by atoms with Gasteiger partial charge >= 0.3 is 0 Å². The van der Waals surface area contributed by atoms with Crippen LogP contribution in [0.25, 0.3) is 0 Å². The van der Waals surface area contributed by atoms with E-state index in [1.54, 1.807) is 44.2 Å². The summed E-state index contributed by atoms with van der Waals surface area (Å²) >= 11 is 14.4.